The normalized spacial score (nSPS) is 12.5. The summed E-state index contributed by atoms with van der Waals surface area (Å²) in [5.41, 5.74) is 3.75. The molecule has 30 heavy (non-hydrogen) atoms. The van der Waals surface area contributed by atoms with Gasteiger partial charge in [-0.3, -0.25) is 0 Å². The van der Waals surface area contributed by atoms with Gasteiger partial charge in [-0.05, 0) is 0 Å². The Labute approximate surface area is 185 Å². The van der Waals surface area contributed by atoms with Crippen LogP contribution in [0.5, 0.6) is 0 Å². The van der Waals surface area contributed by atoms with Crippen molar-refractivity contribution in [2.24, 2.45) is 0 Å². The zero-order chi connectivity index (χ0) is 21.0. The van der Waals surface area contributed by atoms with Crippen LogP contribution in [-0.2, 0) is 0 Å². The van der Waals surface area contributed by atoms with Gasteiger partial charge < -0.3 is 0 Å². The Kier molecular flexibility index (Phi) is 4.75. The monoisotopic (exact) mass is 471 g/mol. The van der Waals surface area contributed by atoms with Crippen LogP contribution in [0, 0.1) is 0 Å². The van der Waals surface area contributed by atoms with Crippen molar-refractivity contribution in [1.29, 1.82) is 0 Å². The molecule has 0 aliphatic carbocycles. The Morgan fingerprint density at radius 3 is 2.30 bits per heavy atom. The molecule has 0 atom stereocenters. The number of nitrogens with zero attached hydrogens (tertiary/aromatic N) is 1. The first-order valence-electron chi connectivity index (χ1n) is 10.7. The number of hydrogen-bond donors (Lipinski definition) is 0. The number of rotatable bonds is 3. The van der Waals surface area contributed by atoms with Crippen LogP contribution >= 0.6 is 11.3 Å². The van der Waals surface area contributed by atoms with Gasteiger partial charge in [0, 0.05) is 0 Å². The molecule has 0 amide bonds. The first-order valence-corrected chi connectivity index (χ1v) is 18.8. The molecule has 0 spiro atoms. The molecule has 0 fully saturated rings. The van der Waals surface area contributed by atoms with Crippen molar-refractivity contribution in [1.82, 2.24) is 4.98 Å². The summed E-state index contributed by atoms with van der Waals surface area (Å²) in [6, 6.07) is 22.5. The molecule has 2 heterocycles. The Hall–Kier alpha value is -2.17. The molecule has 3 aromatic carbocycles. The molecule has 0 N–H and O–H groups in total. The fourth-order valence-corrected chi connectivity index (χ4v) is 10.6. The van der Waals surface area contributed by atoms with Crippen LogP contribution in [-0.4, -0.2) is 18.3 Å². The second-order valence-corrected chi connectivity index (χ2v) is 21.1. The van der Waals surface area contributed by atoms with Gasteiger partial charge >= 0.3 is 186 Å². The van der Waals surface area contributed by atoms with Gasteiger partial charge in [0.15, 0.2) is 0 Å². The second kappa shape index (κ2) is 7.21. The Morgan fingerprint density at radius 1 is 0.800 bits per heavy atom. The molecule has 1 nitrogen and oxygen atoms in total. The van der Waals surface area contributed by atoms with E-state index in [4.69, 9.17) is 4.98 Å². The summed E-state index contributed by atoms with van der Waals surface area (Å²) in [5.74, 6) is 7.92. The first kappa shape index (κ1) is 19.8. The standard InChI is InChI=1S/C27H27GeNS/c1-17(2)23-16-19(15-18-9-6-7-10-20(18)23)25-27-22(13-14-29-25)21-11-8-12-24(26(21)30-27)28(3,4)5/h6-17H,1-5H3. The fraction of sp³-hybridized carbons (Fsp3) is 0.222. The van der Waals surface area contributed by atoms with Crippen molar-refractivity contribution >= 4 is 59.9 Å². The van der Waals surface area contributed by atoms with E-state index in [1.54, 1.807) is 4.40 Å². The molecule has 150 valence electrons. The van der Waals surface area contributed by atoms with E-state index in [1.165, 1.54) is 42.1 Å². The number of pyridine rings is 1. The summed E-state index contributed by atoms with van der Waals surface area (Å²) in [4.78, 5) is 4.90. The molecule has 0 unspecified atom stereocenters. The molecule has 0 bridgehead atoms. The van der Waals surface area contributed by atoms with E-state index < -0.39 is 13.3 Å². The van der Waals surface area contributed by atoms with E-state index in [0.717, 1.165) is 5.69 Å². The third-order valence-corrected chi connectivity index (χ3v) is 11.9. The third kappa shape index (κ3) is 3.18. The summed E-state index contributed by atoms with van der Waals surface area (Å²) >= 11 is -0.0259. The van der Waals surface area contributed by atoms with Crippen molar-refractivity contribution < 1.29 is 0 Å². The molecular weight excluding hydrogens is 443 g/mol. The van der Waals surface area contributed by atoms with Crippen LogP contribution in [0.15, 0.2) is 66.9 Å². The van der Waals surface area contributed by atoms with Crippen LogP contribution < -0.4 is 4.40 Å². The summed E-state index contributed by atoms with van der Waals surface area (Å²) in [7, 11) is 0. The average Bonchev–Trinajstić information content (AvgIpc) is 3.10. The van der Waals surface area contributed by atoms with Crippen molar-refractivity contribution in [3.63, 3.8) is 0 Å². The topological polar surface area (TPSA) is 12.9 Å². The van der Waals surface area contributed by atoms with E-state index >= 15 is 0 Å². The average molecular weight is 470 g/mol. The van der Waals surface area contributed by atoms with Crippen LogP contribution in [0.2, 0.25) is 17.3 Å². The SMILES string of the molecule is CC(C)c1cc(-c2nccc3c2sc2[c]([Ge]([CH3])([CH3])[CH3])cccc23)cc2ccccc12. The minimum atomic E-state index is -1.97. The van der Waals surface area contributed by atoms with E-state index in [1.807, 2.05) is 17.5 Å². The van der Waals surface area contributed by atoms with Gasteiger partial charge in [-0.2, -0.15) is 0 Å². The van der Waals surface area contributed by atoms with Gasteiger partial charge in [0.2, 0.25) is 0 Å². The van der Waals surface area contributed by atoms with Crippen molar-refractivity contribution in [3.05, 3.63) is 72.4 Å². The Balaban J connectivity index is 1.84. The van der Waals surface area contributed by atoms with Crippen molar-refractivity contribution in [2.45, 2.75) is 37.0 Å². The van der Waals surface area contributed by atoms with Crippen LogP contribution in [0.3, 0.4) is 0 Å². The van der Waals surface area contributed by atoms with Crippen molar-refractivity contribution in [2.75, 3.05) is 0 Å². The third-order valence-electron chi connectivity index (χ3n) is 6.01. The molecule has 5 rings (SSSR count). The molecule has 5 aromatic rings. The summed E-state index contributed by atoms with van der Waals surface area (Å²) in [5, 5.41) is 5.38. The number of aromatic nitrogens is 1. The zero-order valence-corrected chi connectivity index (χ0v) is 21.2. The molecule has 0 saturated carbocycles. The summed E-state index contributed by atoms with van der Waals surface area (Å²) in [6.07, 6.45) is 1.99. The summed E-state index contributed by atoms with van der Waals surface area (Å²) < 4.78 is 4.39. The van der Waals surface area contributed by atoms with Gasteiger partial charge in [0.25, 0.3) is 0 Å². The molecule has 0 radical (unpaired) electrons. The van der Waals surface area contributed by atoms with Crippen LogP contribution in [0.4, 0.5) is 0 Å². The van der Waals surface area contributed by atoms with Crippen LogP contribution in [0.25, 0.3) is 42.2 Å². The quantitative estimate of drug-likeness (QED) is 0.244. The molecule has 0 aliphatic rings. The van der Waals surface area contributed by atoms with Gasteiger partial charge in [0.1, 0.15) is 0 Å². The number of thiophene rings is 1. The Bertz CT molecular complexity index is 1410. The molecule has 0 saturated heterocycles. The van der Waals surface area contributed by atoms with Gasteiger partial charge in [-0.25, -0.2) is 0 Å². The fourth-order valence-electron chi connectivity index (χ4n) is 4.48. The van der Waals surface area contributed by atoms with Gasteiger partial charge in [0.05, 0.1) is 0 Å². The van der Waals surface area contributed by atoms with E-state index in [2.05, 4.69) is 91.8 Å². The van der Waals surface area contributed by atoms with E-state index in [9.17, 15) is 0 Å². The van der Waals surface area contributed by atoms with Crippen molar-refractivity contribution in [3.8, 4) is 11.3 Å². The molecule has 3 heteroatoms. The van der Waals surface area contributed by atoms with E-state index in [-0.39, 0.29) is 0 Å². The number of fused-ring (bicyclic) bond motifs is 4. The Morgan fingerprint density at radius 2 is 1.53 bits per heavy atom. The maximum atomic E-state index is 4.90. The van der Waals surface area contributed by atoms with E-state index in [0.29, 0.717) is 5.92 Å². The maximum absolute atomic E-state index is 4.90. The van der Waals surface area contributed by atoms with Crippen LogP contribution in [0.1, 0.15) is 25.3 Å². The number of hydrogen-bond acceptors (Lipinski definition) is 2. The zero-order valence-electron chi connectivity index (χ0n) is 18.3. The second-order valence-electron chi connectivity index (χ2n) is 9.51. The summed E-state index contributed by atoms with van der Waals surface area (Å²) in [6.45, 7) is 4.56. The first-order chi connectivity index (χ1) is 14.3. The molecule has 0 aliphatic heterocycles. The number of benzene rings is 3. The van der Waals surface area contributed by atoms with Gasteiger partial charge in [-0.1, -0.05) is 0 Å². The molecule has 2 aromatic heterocycles. The predicted octanol–water partition coefficient (Wildman–Crippen LogP) is 7.94. The molecular formula is C27H27GeNS. The van der Waals surface area contributed by atoms with Gasteiger partial charge in [-0.15, -0.1) is 0 Å². The predicted molar refractivity (Wildman–Crippen MR) is 137 cm³/mol. The minimum absolute atomic E-state index is 0.469.